The minimum Gasteiger partial charge on any atom is -0.478 e. The minimum atomic E-state index is -1.07. The SMILES string of the molecule is NC(=O)c1ccccc1/C=C/C(=O)O. The highest BCUT2D eigenvalue weighted by Gasteiger charge is 2.03. The van der Waals surface area contributed by atoms with Crippen LogP contribution in [-0.4, -0.2) is 17.0 Å². The van der Waals surface area contributed by atoms with Crippen molar-refractivity contribution in [2.75, 3.05) is 0 Å². The first-order chi connectivity index (χ1) is 6.61. The number of carboxylic acids is 1. The molecule has 0 atom stereocenters. The summed E-state index contributed by atoms with van der Waals surface area (Å²) in [6, 6.07) is 6.54. The van der Waals surface area contributed by atoms with Crippen LogP contribution in [0.5, 0.6) is 0 Å². The van der Waals surface area contributed by atoms with Crippen LogP contribution in [0.1, 0.15) is 15.9 Å². The molecule has 4 nitrogen and oxygen atoms in total. The van der Waals surface area contributed by atoms with Gasteiger partial charge in [0.1, 0.15) is 0 Å². The molecule has 1 aromatic carbocycles. The van der Waals surface area contributed by atoms with E-state index in [1.807, 2.05) is 0 Å². The maximum Gasteiger partial charge on any atom is 0.328 e. The first kappa shape index (κ1) is 9.98. The summed E-state index contributed by atoms with van der Waals surface area (Å²) in [4.78, 5) is 21.2. The van der Waals surface area contributed by atoms with E-state index < -0.39 is 11.9 Å². The lowest BCUT2D eigenvalue weighted by Gasteiger charge is -1.99. The van der Waals surface area contributed by atoms with Crippen molar-refractivity contribution in [2.45, 2.75) is 0 Å². The summed E-state index contributed by atoms with van der Waals surface area (Å²) in [5.74, 6) is -1.64. The predicted octanol–water partition coefficient (Wildman–Crippen LogP) is 0.883. The van der Waals surface area contributed by atoms with Crippen molar-refractivity contribution in [1.29, 1.82) is 0 Å². The Morgan fingerprint density at radius 1 is 1.29 bits per heavy atom. The molecule has 1 aromatic rings. The summed E-state index contributed by atoms with van der Waals surface area (Å²) in [5, 5.41) is 8.40. The number of rotatable bonds is 3. The van der Waals surface area contributed by atoms with E-state index in [4.69, 9.17) is 10.8 Å². The number of carboxylic acid groups (broad SMARTS) is 1. The van der Waals surface area contributed by atoms with Gasteiger partial charge in [0, 0.05) is 11.6 Å². The number of hydrogen-bond donors (Lipinski definition) is 2. The number of nitrogens with two attached hydrogens (primary N) is 1. The lowest BCUT2D eigenvalue weighted by atomic mass is 10.1. The van der Waals surface area contributed by atoms with Gasteiger partial charge >= 0.3 is 5.97 Å². The molecule has 4 heteroatoms. The van der Waals surface area contributed by atoms with Crippen molar-refractivity contribution < 1.29 is 14.7 Å². The molecule has 3 N–H and O–H groups in total. The van der Waals surface area contributed by atoms with Crippen LogP contribution in [0.4, 0.5) is 0 Å². The van der Waals surface area contributed by atoms with Gasteiger partial charge < -0.3 is 10.8 Å². The van der Waals surface area contributed by atoms with E-state index >= 15 is 0 Å². The molecular weight excluding hydrogens is 182 g/mol. The predicted molar refractivity (Wildman–Crippen MR) is 51.6 cm³/mol. The minimum absolute atomic E-state index is 0.310. The van der Waals surface area contributed by atoms with Crippen LogP contribution in [0.25, 0.3) is 6.08 Å². The van der Waals surface area contributed by atoms with Gasteiger partial charge in [-0.25, -0.2) is 4.79 Å². The Morgan fingerprint density at radius 2 is 1.93 bits per heavy atom. The third-order valence-corrected chi connectivity index (χ3v) is 1.63. The molecule has 0 unspecified atom stereocenters. The molecular formula is C10H9NO3. The van der Waals surface area contributed by atoms with Crippen LogP contribution in [0.15, 0.2) is 30.3 Å². The molecule has 0 bridgehead atoms. The van der Waals surface area contributed by atoms with Crippen LogP contribution in [0, 0.1) is 0 Å². The van der Waals surface area contributed by atoms with Crippen molar-refractivity contribution in [3.8, 4) is 0 Å². The summed E-state index contributed by atoms with van der Waals surface area (Å²) in [6.07, 6.45) is 2.30. The van der Waals surface area contributed by atoms with E-state index in [1.165, 1.54) is 6.08 Å². The average molecular weight is 191 g/mol. The lowest BCUT2D eigenvalue weighted by molar-refractivity contribution is -0.131. The van der Waals surface area contributed by atoms with Crippen molar-refractivity contribution in [2.24, 2.45) is 5.73 Å². The van der Waals surface area contributed by atoms with Gasteiger partial charge in [0.15, 0.2) is 0 Å². The fourth-order valence-electron chi connectivity index (χ4n) is 1.03. The summed E-state index contributed by atoms with van der Waals surface area (Å²) in [6.45, 7) is 0. The van der Waals surface area contributed by atoms with Crippen LogP contribution < -0.4 is 5.73 Å². The average Bonchev–Trinajstić information content (AvgIpc) is 2.15. The molecule has 1 rings (SSSR count). The maximum absolute atomic E-state index is 10.9. The zero-order valence-electron chi connectivity index (χ0n) is 7.31. The standard InChI is InChI=1S/C10H9NO3/c11-10(14)8-4-2-1-3-7(8)5-6-9(12)13/h1-6H,(H2,11,14)(H,12,13)/b6-5+. The highest BCUT2D eigenvalue weighted by Crippen LogP contribution is 2.09. The zero-order valence-corrected chi connectivity index (χ0v) is 7.31. The first-order valence-electron chi connectivity index (χ1n) is 3.91. The molecule has 0 saturated heterocycles. The van der Waals surface area contributed by atoms with Crippen molar-refractivity contribution in [3.05, 3.63) is 41.5 Å². The van der Waals surface area contributed by atoms with E-state index in [0.29, 0.717) is 11.1 Å². The van der Waals surface area contributed by atoms with Gasteiger partial charge in [-0.1, -0.05) is 18.2 Å². The summed E-state index contributed by atoms with van der Waals surface area (Å²) >= 11 is 0. The number of hydrogen-bond acceptors (Lipinski definition) is 2. The maximum atomic E-state index is 10.9. The van der Waals surface area contributed by atoms with E-state index in [9.17, 15) is 9.59 Å². The largest absolute Gasteiger partial charge is 0.478 e. The molecule has 0 fully saturated rings. The van der Waals surface area contributed by atoms with Gasteiger partial charge in [-0.15, -0.1) is 0 Å². The number of primary amides is 1. The van der Waals surface area contributed by atoms with Crippen molar-refractivity contribution in [1.82, 2.24) is 0 Å². The van der Waals surface area contributed by atoms with Crippen LogP contribution in [0.3, 0.4) is 0 Å². The van der Waals surface area contributed by atoms with Gasteiger partial charge in [-0.2, -0.15) is 0 Å². The Bertz CT molecular complexity index is 396. The van der Waals surface area contributed by atoms with Gasteiger partial charge in [-0.3, -0.25) is 4.79 Å². The summed E-state index contributed by atoms with van der Waals surface area (Å²) < 4.78 is 0. The van der Waals surface area contributed by atoms with Crippen LogP contribution in [-0.2, 0) is 4.79 Å². The normalized spacial score (nSPS) is 10.3. The molecule has 0 saturated carbocycles. The number of carbonyl (C=O) groups is 2. The molecule has 1 amide bonds. The van der Waals surface area contributed by atoms with Gasteiger partial charge in [0.25, 0.3) is 0 Å². The van der Waals surface area contributed by atoms with Gasteiger partial charge in [-0.05, 0) is 17.7 Å². The first-order valence-corrected chi connectivity index (χ1v) is 3.91. The van der Waals surface area contributed by atoms with Gasteiger partial charge in [0.2, 0.25) is 5.91 Å². The Kier molecular flexibility index (Phi) is 3.01. The quantitative estimate of drug-likeness (QED) is 0.696. The second-order valence-corrected chi connectivity index (χ2v) is 2.62. The molecule has 0 aromatic heterocycles. The third-order valence-electron chi connectivity index (χ3n) is 1.63. The summed E-state index contributed by atoms with van der Waals surface area (Å²) in [5.41, 5.74) is 5.91. The van der Waals surface area contributed by atoms with Gasteiger partial charge in [0.05, 0.1) is 0 Å². The van der Waals surface area contributed by atoms with Crippen molar-refractivity contribution in [3.63, 3.8) is 0 Å². The number of benzene rings is 1. The van der Waals surface area contributed by atoms with Crippen molar-refractivity contribution >= 4 is 18.0 Å². The molecule has 0 aliphatic rings. The van der Waals surface area contributed by atoms with E-state index in [2.05, 4.69) is 0 Å². The van der Waals surface area contributed by atoms with E-state index in [1.54, 1.807) is 24.3 Å². The second-order valence-electron chi connectivity index (χ2n) is 2.62. The number of aliphatic carboxylic acids is 1. The fraction of sp³-hybridized carbons (Fsp3) is 0. The Labute approximate surface area is 80.7 Å². The van der Waals surface area contributed by atoms with Crippen LogP contribution >= 0.6 is 0 Å². The molecule has 0 heterocycles. The molecule has 72 valence electrons. The molecule has 0 radical (unpaired) electrons. The summed E-state index contributed by atoms with van der Waals surface area (Å²) in [7, 11) is 0. The van der Waals surface area contributed by atoms with E-state index in [0.717, 1.165) is 6.08 Å². The monoisotopic (exact) mass is 191 g/mol. The smallest absolute Gasteiger partial charge is 0.328 e. The van der Waals surface area contributed by atoms with E-state index in [-0.39, 0.29) is 0 Å². The highest BCUT2D eigenvalue weighted by atomic mass is 16.4. The van der Waals surface area contributed by atoms with Crippen LogP contribution in [0.2, 0.25) is 0 Å². The Balaban J connectivity index is 3.07. The highest BCUT2D eigenvalue weighted by molar-refractivity contribution is 5.97. The lowest BCUT2D eigenvalue weighted by Crippen LogP contribution is -2.12. The Morgan fingerprint density at radius 3 is 2.50 bits per heavy atom. The molecule has 0 spiro atoms. The third kappa shape index (κ3) is 2.45. The zero-order chi connectivity index (χ0) is 10.6. The Hall–Kier alpha value is -2.10. The fourth-order valence-corrected chi connectivity index (χ4v) is 1.03. The number of amides is 1. The number of carbonyl (C=O) groups excluding carboxylic acids is 1. The molecule has 0 aliphatic heterocycles. The second kappa shape index (κ2) is 4.23. The molecule has 14 heavy (non-hydrogen) atoms. The topological polar surface area (TPSA) is 80.4 Å². The molecule has 0 aliphatic carbocycles.